The minimum atomic E-state index is -4.52. The Hall–Kier alpha value is -3.76. The van der Waals surface area contributed by atoms with Crippen molar-refractivity contribution in [3.63, 3.8) is 0 Å². The number of halogens is 5. The van der Waals surface area contributed by atoms with Crippen LogP contribution in [0.3, 0.4) is 0 Å². The molecule has 1 aromatic heterocycles. The van der Waals surface area contributed by atoms with Crippen LogP contribution in [-0.4, -0.2) is 68.7 Å². The van der Waals surface area contributed by atoms with Crippen molar-refractivity contribution in [2.24, 2.45) is 0 Å². The number of sulfone groups is 1. The van der Waals surface area contributed by atoms with Crippen LogP contribution >= 0.6 is 0 Å². The summed E-state index contributed by atoms with van der Waals surface area (Å²) in [6, 6.07) is 7.94. The molecule has 1 fully saturated rings. The van der Waals surface area contributed by atoms with Gasteiger partial charge in [-0.1, -0.05) is 19.1 Å². The Balaban J connectivity index is 1.45. The van der Waals surface area contributed by atoms with E-state index >= 15 is 0 Å². The molecule has 2 heterocycles. The van der Waals surface area contributed by atoms with Crippen molar-refractivity contribution in [3.8, 4) is 5.75 Å². The highest BCUT2D eigenvalue weighted by Crippen LogP contribution is 2.32. The minimum absolute atomic E-state index is 0.0339. The van der Waals surface area contributed by atoms with E-state index in [1.807, 2.05) is 0 Å². The zero-order valence-corrected chi connectivity index (χ0v) is 23.4. The van der Waals surface area contributed by atoms with E-state index in [1.165, 1.54) is 36.1 Å². The van der Waals surface area contributed by atoms with Crippen molar-refractivity contribution in [1.29, 1.82) is 0 Å². The van der Waals surface area contributed by atoms with E-state index in [0.29, 0.717) is 5.56 Å². The van der Waals surface area contributed by atoms with Gasteiger partial charge in [-0.05, 0) is 42.0 Å². The molecule has 1 aliphatic heterocycles. The summed E-state index contributed by atoms with van der Waals surface area (Å²) in [5.74, 6) is -0.692. The Morgan fingerprint density at radius 2 is 1.84 bits per heavy atom. The molecule has 1 saturated heterocycles. The zero-order chi connectivity index (χ0) is 31.4. The second-order valence-corrected chi connectivity index (χ2v) is 11.9. The lowest BCUT2D eigenvalue weighted by Gasteiger charge is -2.21. The van der Waals surface area contributed by atoms with E-state index in [1.54, 1.807) is 0 Å². The van der Waals surface area contributed by atoms with Crippen LogP contribution in [0.5, 0.6) is 5.75 Å². The van der Waals surface area contributed by atoms with Gasteiger partial charge in [-0.15, -0.1) is 0 Å². The third-order valence-electron chi connectivity index (χ3n) is 6.75. The number of nitrogens with zero attached hydrogens (tertiary/aromatic N) is 2. The quantitative estimate of drug-likeness (QED) is 0.282. The molecule has 3 atom stereocenters. The number of benzene rings is 2. The summed E-state index contributed by atoms with van der Waals surface area (Å²) in [5, 5.41) is 12.4. The fourth-order valence-corrected chi connectivity index (χ4v) is 5.38. The first-order chi connectivity index (χ1) is 20.3. The Morgan fingerprint density at radius 1 is 1.16 bits per heavy atom. The Kier molecular flexibility index (Phi) is 9.92. The number of aromatic nitrogens is 1. The molecule has 0 radical (unpaired) electrons. The van der Waals surface area contributed by atoms with Gasteiger partial charge >= 0.3 is 12.8 Å². The molecule has 0 saturated carbocycles. The average Bonchev–Trinajstić information content (AvgIpc) is 3.62. The molecule has 0 aliphatic carbocycles. The van der Waals surface area contributed by atoms with Gasteiger partial charge in [0.05, 0.1) is 48.1 Å². The van der Waals surface area contributed by atoms with E-state index in [2.05, 4.69) is 15.0 Å². The number of hydrogen-bond donors (Lipinski definition) is 2. The van der Waals surface area contributed by atoms with Gasteiger partial charge in [0.25, 0.3) is 11.9 Å². The molecule has 234 valence electrons. The second kappa shape index (κ2) is 13.3. The van der Waals surface area contributed by atoms with E-state index in [-0.39, 0.29) is 41.1 Å². The highest BCUT2D eigenvalue weighted by atomic mass is 32.2. The second-order valence-electron chi connectivity index (χ2n) is 9.59. The van der Waals surface area contributed by atoms with Gasteiger partial charge in [-0.25, -0.2) is 8.42 Å². The van der Waals surface area contributed by atoms with Crippen LogP contribution in [0.4, 0.5) is 28.0 Å². The molecule has 4 rings (SSSR count). The molecule has 2 N–H and O–H groups in total. The third-order valence-corrected chi connectivity index (χ3v) is 8.51. The molecule has 0 spiro atoms. The predicted octanol–water partition coefficient (Wildman–Crippen LogP) is 4.22. The normalized spacial score (nSPS) is 18.2. The lowest BCUT2D eigenvalue weighted by molar-refractivity contribution is -0.137. The van der Waals surface area contributed by atoms with Crippen LogP contribution in [-0.2, 0) is 20.8 Å². The summed E-state index contributed by atoms with van der Waals surface area (Å²) >= 11 is 0. The summed E-state index contributed by atoms with van der Waals surface area (Å²) in [5.41, 5.74) is -0.618. The third kappa shape index (κ3) is 8.00. The summed E-state index contributed by atoms with van der Waals surface area (Å²) in [6.45, 7) is -2.49. The molecule has 2 aromatic carbocycles. The van der Waals surface area contributed by atoms with Crippen molar-refractivity contribution in [2.45, 2.75) is 49.2 Å². The molecular formula is C27H28F5N3O7S. The van der Waals surface area contributed by atoms with Crippen LogP contribution in [0, 0.1) is 0 Å². The molecule has 3 aromatic rings. The molecule has 10 nitrogen and oxygen atoms in total. The SMILES string of the molecule is CCS(=O)(=O)c1ccc([C@H](CO)NC(=O)c2coc(N3C[C@@H](Oc4ccc(C(F)(F)F)cc4)C[C@H]3COC(F)F)n2)cc1. The summed E-state index contributed by atoms with van der Waals surface area (Å²) in [6.07, 6.45) is -4.01. The molecule has 0 bridgehead atoms. The molecule has 0 unspecified atom stereocenters. The van der Waals surface area contributed by atoms with Crippen molar-refractivity contribution in [1.82, 2.24) is 10.3 Å². The number of anilines is 1. The van der Waals surface area contributed by atoms with Crippen LogP contribution in [0.25, 0.3) is 0 Å². The van der Waals surface area contributed by atoms with Crippen LogP contribution in [0.15, 0.2) is 64.1 Å². The van der Waals surface area contributed by atoms with Crippen molar-refractivity contribution in [2.75, 3.05) is 30.4 Å². The monoisotopic (exact) mass is 633 g/mol. The van der Waals surface area contributed by atoms with Crippen LogP contribution in [0.1, 0.15) is 41.0 Å². The van der Waals surface area contributed by atoms with Crippen LogP contribution < -0.4 is 15.0 Å². The van der Waals surface area contributed by atoms with Gasteiger partial charge in [0, 0.05) is 6.42 Å². The molecule has 1 aliphatic rings. The Morgan fingerprint density at radius 3 is 2.42 bits per heavy atom. The number of aliphatic hydroxyl groups is 1. The number of nitrogens with one attached hydrogen (secondary N) is 1. The molecule has 43 heavy (non-hydrogen) atoms. The first-order valence-corrected chi connectivity index (χ1v) is 14.7. The van der Waals surface area contributed by atoms with E-state index < -0.39 is 65.5 Å². The first-order valence-electron chi connectivity index (χ1n) is 13.0. The molecule has 1 amide bonds. The number of hydrogen-bond acceptors (Lipinski definition) is 9. The average molecular weight is 634 g/mol. The fraction of sp³-hybridized carbons (Fsp3) is 0.407. The maximum atomic E-state index is 12.9. The lowest BCUT2D eigenvalue weighted by atomic mass is 10.1. The highest BCUT2D eigenvalue weighted by Gasteiger charge is 2.37. The van der Waals surface area contributed by atoms with Crippen LogP contribution in [0.2, 0.25) is 0 Å². The molecule has 16 heteroatoms. The number of oxazole rings is 1. The number of ether oxygens (including phenoxy) is 2. The predicted molar refractivity (Wildman–Crippen MR) is 142 cm³/mol. The van der Waals surface area contributed by atoms with Gasteiger partial charge < -0.3 is 29.2 Å². The number of amides is 1. The maximum Gasteiger partial charge on any atom is 0.416 e. The summed E-state index contributed by atoms with van der Waals surface area (Å²) in [4.78, 5) is 18.6. The van der Waals surface area contributed by atoms with Gasteiger partial charge in [0.15, 0.2) is 15.5 Å². The van der Waals surface area contributed by atoms with Gasteiger partial charge in [0.2, 0.25) is 0 Å². The summed E-state index contributed by atoms with van der Waals surface area (Å²) < 4.78 is 104. The van der Waals surface area contributed by atoms with Crippen molar-refractivity contribution >= 4 is 21.8 Å². The largest absolute Gasteiger partial charge is 0.489 e. The van der Waals surface area contributed by atoms with Gasteiger partial charge in [-0.2, -0.15) is 26.9 Å². The first kappa shape index (κ1) is 32.2. The van der Waals surface area contributed by atoms with E-state index in [4.69, 9.17) is 9.15 Å². The maximum absolute atomic E-state index is 12.9. The highest BCUT2D eigenvalue weighted by molar-refractivity contribution is 7.91. The number of rotatable bonds is 12. The lowest BCUT2D eigenvalue weighted by Crippen LogP contribution is -2.34. The Bertz CT molecular complexity index is 1480. The van der Waals surface area contributed by atoms with Crippen molar-refractivity contribution in [3.05, 3.63) is 71.6 Å². The van der Waals surface area contributed by atoms with E-state index in [9.17, 15) is 40.3 Å². The smallest absolute Gasteiger partial charge is 0.416 e. The standard InChI is InChI=1S/C27H28F5N3O7S/c1-2-43(38,39)21-9-3-16(4-10-21)22(13-36)33-24(37)23-15-41-26(34-23)35-12-20(11-18(35)14-40-25(28)29)42-19-7-5-17(6-8-19)27(30,31)32/h3-10,15,18,20,22,25,36H,2,11-14H2,1H3,(H,33,37)/t18-,20-,22-/m0/s1. The minimum Gasteiger partial charge on any atom is -0.489 e. The number of carbonyl (C=O) groups excluding carboxylic acids is 1. The zero-order valence-electron chi connectivity index (χ0n) is 22.6. The van der Waals surface area contributed by atoms with E-state index in [0.717, 1.165) is 30.5 Å². The summed E-state index contributed by atoms with van der Waals surface area (Å²) in [7, 11) is -3.44. The fourth-order valence-electron chi connectivity index (χ4n) is 4.49. The molecular weight excluding hydrogens is 605 g/mol. The number of aliphatic hydroxyl groups excluding tert-OH is 1. The number of carbonyl (C=O) groups is 1. The van der Waals surface area contributed by atoms with Crippen molar-refractivity contribution < 1.29 is 54.2 Å². The Labute approximate surface area is 243 Å². The number of alkyl halides is 5. The van der Waals surface area contributed by atoms with Gasteiger partial charge in [0.1, 0.15) is 18.1 Å². The van der Waals surface area contributed by atoms with Gasteiger partial charge in [-0.3, -0.25) is 4.79 Å². The topological polar surface area (TPSA) is 131 Å².